The Morgan fingerprint density at radius 1 is 1.21 bits per heavy atom. The highest BCUT2D eigenvalue weighted by Gasteiger charge is 2.42. The van der Waals surface area contributed by atoms with Crippen molar-refractivity contribution in [3.05, 3.63) is 69.4 Å². The summed E-state index contributed by atoms with van der Waals surface area (Å²) in [5, 5.41) is 27.9. The Labute approximate surface area is 167 Å². The van der Waals surface area contributed by atoms with Crippen LogP contribution in [0, 0.1) is 13.8 Å². The summed E-state index contributed by atoms with van der Waals surface area (Å²) in [4.78, 5) is 14.6. The maximum absolute atomic E-state index is 13.0. The molecule has 0 radical (unpaired) electrons. The number of hydrogen-bond acceptors (Lipinski definition) is 4. The number of aromatic amines is 1. The van der Waals surface area contributed by atoms with Gasteiger partial charge in [0.15, 0.2) is 0 Å². The average molecular weight is 398 g/mol. The van der Waals surface area contributed by atoms with Crippen LogP contribution in [0.2, 0.25) is 5.02 Å². The topological polar surface area (TPSA) is 89.5 Å². The zero-order valence-electron chi connectivity index (χ0n) is 15.5. The molecule has 1 atom stereocenters. The van der Waals surface area contributed by atoms with Crippen molar-refractivity contribution < 1.29 is 15.0 Å². The number of nitrogens with one attached hydrogen (secondary N) is 1. The van der Waals surface area contributed by atoms with E-state index in [1.807, 2.05) is 38.1 Å². The second-order valence-electron chi connectivity index (χ2n) is 7.02. The van der Waals surface area contributed by atoms with Gasteiger partial charge in [-0.25, -0.2) is 0 Å². The number of nitrogens with zero attached hydrogens (tertiary/aromatic N) is 2. The lowest BCUT2D eigenvalue weighted by molar-refractivity contribution is 0.0706. The Bertz CT molecular complexity index is 1060. The maximum Gasteiger partial charge on any atom is 0.273 e. The van der Waals surface area contributed by atoms with Crippen molar-refractivity contribution in [3.8, 4) is 17.0 Å². The number of rotatable bonds is 4. The van der Waals surface area contributed by atoms with Gasteiger partial charge >= 0.3 is 0 Å². The monoisotopic (exact) mass is 397 g/mol. The van der Waals surface area contributed by atoms with Crippen molar-refractivity contribution in [1.29, 1.82) is 0 Å². The van der Waals surface area contributed by atoms with Crippen LogP contribution in [-0.2, 0) is 0 Å². The predicted octanol–water partition coefficient (Wildman–Crippen LogP) is 3.59. The molecule has 1 aliphatic rings. The maximum atomic E-state index is 13.0. The van der Waals surface area contributed by atoms with Gasteiger partial charge in [0.05, 0.1) is 12.6 Å². The number of H-pyrrole nitrogens is 1. The quantitative estimate of drug-likeness (QED) is 0.627. The number of halogens is 1. The number of aliphatic hydroxyl groups is 1. The van der Waals surface area contributed by atoms with Gasteiger partial charge in [0, 0.05) is 22.7 Å². The lowest BCUT2D eigenvalue weighted by Crippen LogP contribution is -2.32. The summed E-state index contributed by atoms with van der Waals surface area (Å²) in [6, 6.07) is 10.6. The normalized spacial score (nSPS) is 15.9. The number of aromatic nitrogens is 2. The van der Waals surface area contributed by atoms with Crippen LogP contribution in [0.25, 0.3) is 11.3 Å². The van der Waals surface area contributed by atoms with Gasteiger partial charge < -0.3 is 15.1 Å². The van der Waals surface area contributed by atoms with Crippen molar-refractivity contribution in [2.24, 2.45) is 0 Å². The molecule has 0 bridgehead atoms. The molecular weight excluding hydrogens is 378 g/mol. The van der Waals surface area contributed by atoms with Crippen LogP contribution in [0.3, 0.4) is 0 Å². The fourth-order valence-corrected chi connectivity index (χ4v) is 4.00. The number of aliphatic hydroxyl groups excluding tert-OH is 1. The number of β-amino-alcohol motifs (C(OH)–C–C–N with tert-alkyl or cyclic N) is 1. The lowest BCUT2D eigenvalue weighted by Gasteiger charge is -2.25. The zero-order valence-corrected chi connectivity index (χ0v) is 16.3. The number of phenolic OH excluding ortho intramolecular Hbond substituents is 1. The van der Waals surface area contributed by atoms with Gasteiger partial charge in [-0.15, -0.1) is 0 Å². The van der Waals surface area contributed by atoms with Gasteiger partial charge in [-0.1, -0.05) is 29.8 Å². The highest BCUT2D eigenvalue weighted by molar-refractivity contribution is 6.30. The number of aromatic hydroxyl groups is 1. The molecule has 3 N–H and O–H groups in total. The molecule has 0 unspecified atom stereocenters. The van der Waals surface area contributed by atoms with E-state index >= 15 is 0 Å². The van der Waals surface area contributed by atoms with E-state index in [0.29, 0.717) is 27.5 Å². The Hall–Kier alpha value is -2.83. The Morgan fingerprint density at radius 2 is 1.93 bits per heavy atom. The van der Waals surface area contributed by atoms with Crippen molar-refractivity contribution in [2.45, 2.75) is 19.9 Å². The number of phenols is 1. The third-order valence-corrected chi connectivity index (χ3v) is 5.34. The van der Waals surface area contributed by atoms with Gasteiger partial charge in [0.2, 0.25) is 0 Å². The second kappa shape index (κ2) is 6.96. The fraction of sp³-hybridized carbons (Fsp3) is 0.238. The molecule has 0 saturated heterocycles. The van der Waals surface area contributed by atoms with E-state index in [9.17, 15) is 15.0 Å². The first kappa shape index (κ1) is 18.5. The predicted molar refractivity (Wildman–Crippen MR) is 107 cm³/mol. The standard InChI is InChI=1S/C21H20ClN3O3/c1-11-9-12(2)20(27)15(10-11)17-16-18(24-23-17)21(28)25(7-8-26)19(16)13-3-5-14(22)6-4-13/h3-6,9-10,19,26-27H,7-8H2,1-2H3,(H,23,24)/t19-/m1/s1. The Kier molecular flexibility index (Phi) is 4.61. The van der Waals surface area contributed by atoms with Crippen LogP contribution in [0.1, 0.15) is 38.8 Å². The number of amides is 1. The molecule has 2 aromatic carbocycles. The minimum absolute atomic E-state index is 0.141. The minimum Gasteiger partial charge on any atom is -0.507 e. The van der Waals surface area contributed by atoms with Crippen LogP contribution in [0.15, 0.2) is 36.4 Å². The summed E-state index contributed by atoms with van der Waals surface area (Å²) in [6.45, 7) is 3.81. The summed E-state index contributed by atoms with van der Waals surface area (Å²) >= 11 is 6.03. The third kappa shape index (κ3) is 2.85. The van der Waals surface area contributed by atoms with E-state index in [4.69, 9.17) is 11.6 Å². The molecule has 7 heteroatoms. The first-order valence-corrected chi connectivity index (χ1v) is 9.36. The molecule has 0 fully saturated rings. The number of hydrogen-bond donors (Lipinski definition) is 3. The molecule has 3 aromatic rings. The van der Waals surface area contributed by atoms with Crippen molar-refractivity contribution in [3.63, 3.8) is 0 Å². The molecule has 0 spiro atoms. The molecule has 144 valence electrons. The summed E-state index contributed by atoms with van der Waals surface area (Å²) in [6.07, 6.45) is 0. The van der Waals surface area contributed by atoms with E-state index in [2.05, 4.69) is 10.2 Å². The largest absolute Gasteiger partial charge is 0.507 e. The van der Waals surface area contributed by atoms with Gasteiger partial charge in [-0.05, 0) is 48.7 Å². The third-order valence-electron chi connectivity index (χ3n) is 5.09. The van der Waals surface area contributed by atoms with Crippen LogP contribution in [0.4, 0.5) is 0 Å². The molecular formula is C21H20ClN3O3. The molecule has 1 amide bonds. The van der Waals surface area contributed by atoms with Crippen molar-refractivity contribution in [2.75, 3.05) is 13.2 Å². The van der Waals surface area contributed by atoms with E-state index in [-0.39, 0.29) is 24.8 Å². The summed E-state index contributed by atoms with van der Waals surface area (Å²) < 4.78 is 0. The van der Waals surface area contributed by atoms with Crippen LogP contribution >= 0.6 is 11.6 Å². The molecule has 1 aliphatic heterocycles. The lowest BCUT2D eigenvalue weighted by atomic mass is 9.94. The van der Waals surface area contributed by atoms with Crippen molar-refractivity contribution >= 4 is 17.5 Å². The second-order valence-corrected chi connectivity index (χ2v) is 7.45. The van der Waals surface area contributed by atoms with E-state index in [1.54, 1.807) is 17.0 Å². The molecule has 1 aromatic heterocycles. The summed E-state index contributed by atoms with van der Waals surface area (Å²) in [5.74, 6) is -0.0885. The average Bonchev–Trinajstić information content (AvgIpc) is 3.19. The zero-order chi connectivity index (χ0) is 20.0. The van der Waals surface area contributed by atoms with Crippen LogP contribution < -0.4 is 0 Å². The number of carbonyl (C=O) groups is 1. The number of carbonyl (C=O) groups excluding carboxylic acids is 1. The van der Waals surface area contributed by atoms with Crippen LogP contribution in [0.5, 0.6) is 5.75 Å². The van der Waals surface area contributed by atoms with E-state index < -0.39 is 6.04 Å². The first-order valence-electron chi connectivity index (χ1n) is 8.98. The Morgan fingerprint density at radius 3 is 2.61 bits per heavy atom. The van der Waals surface area contributed by atoms with Gasteiger partial charge in [0.1, 0.15) is 17.1 Å². The SMILES string of the molecule is Cc1cc(C)c(O)c(-c2n[nH]c3c2[C@@H](c2ccc(Cl)cc2)N(CCO)C3=O)c1. The first-order chi connectivity index (χ1) is 13.4. The fourth-order valence-electron chi connectivity index (χ4n) is 3.87. The number of fused-ring (bicyclic) bond motifs is 1. The summed E-state index contributed by atoms with van der Waals surface area (Å²) in [7, 11) is 0. The van der Waals surface area contributed by atoms with Gasteiger partial charge in [-0.3, -0.25) is 9.89 Å². The molecule has 0 saturated carbocycles. The van der Waals surface area contributed by atoms with E-state index in [0.717, 1.165) is 16.7 Å². The highest BCUT2D eigenvalue weighted by atomic mass is 35.5. The Balaban J connectivity index is 1.94. The summed E-state index contributed by atoms with van der Waals surface area (Å²) in [5.41, 5.74) is 4.77. The number of benzene rings is 2. The molecule has 0 aliphatic carbocycles. The smallest absolute Gasteiger partial charge is 0.273 e. The van der Waals surface area contributed by atoms with Crippen molar-refractivity contribution in [1.82, 2.24) is 15.1 Å². The molecule has 4 rings (SSSR count). The molecule has 2 heterocycles. The van der Waals surface area contributed by atoms with Gasteiger partial charge in [0.25, 0.3) is 5.91 Å². The highest BCUT2D eigenvalue weighted by Crippen LogP contribution is 2.45. The van der Waals surface area contributed by atoms with E-state index in [1.165, 1.54) is 0 Å². The van der Waals surface area contributed by atoms with Gasteiger partial charge in [-0.2, -0.15) is 5.10 Å². The minimum atomic E-state index is -0.430. The molecule has 6 nitrogen and oxygen atoms in total. The number of aryl methyl sites for hydroxylation is 2. The molecule has 28 heavy (non-hydrogen) atoms. The van der Waals surface area contributed by atoms with Crippen LogP contribution in [-0.4, -0.2) is 44.4 Å².